The number of hydrogen-bond donors (Lipinski definition) is 0. The molecule has 0 N–H and O–H groups in total. The van der Waals surface area contributed by atoms with Crippen molar-refractivity contribution in [2.45, 2.75) is 25.0 Å². The van der Waals surface area contributed by atoms with E-state index in [0.29, 0.717) is 18.7 Å². The zero-order chi connectivity index (χ0) is 20.1. The van der Waals surface area contributed by atoms with Crippen LogP contribution in [0.25, 0.3) is 10.9 Å². The maximum absolute atomic E-state index is 13.2. The van der Waals surface area contributed by atoms with Crippen LogP contribution in [0, 0.1) is 0 Å². The first-order chi connectivity index (χ1) is 14.6. The number of piperazine rings is 1. The molecule has 7 heteroatoms. The molecule has 0 aliphatic carbocycles. The van der Waals surface area contributed by atoms with E-state index in [1.54, 1.807) is 11.9 Å². The molecular formula is C23H19N3O4. The molecule has 1 saturated heterocycles. The van der Waals surface area contributed by atoms with Gasteiger partial charge in [-0.15, -0.1) is 0 Å². The molecule has 2 atom stereocenters. The number of benzene rings is 2. The number of amides is 2. The van der Waals surface area contributed by atoms with E-state index in [9.17, 15) is 9.59 Å². The number of fused-ring (bicyclic) bond motifs is 8. The summed E-state index contributed by atoms with van der Waals surface area (Å²) < 4.78 is 13.6. The Morgan fingerprint density at radius 3 is 2.70 bits per heavy atom. The molecule has 150 valence electrons. The second-order valence-corrected chi connectivity index (χ2v) is 8.49. The normalized spacial score (nSPS) is 23.5. The van der Waals surface area contributed by atoms with Crippen LogP contribution >= 0.6 is 0 Å². The van der Waals surface area contributed by atoms with Gasteiger partial charge in [-0.2, -0.15) is 0 Å². The maximum Gasteiger partial charge on any atom is 0.245 e. The second kappa shape index (κ2) is 5.36. The molecule has 3 aromatic rings. The highest BCUT2D eigenvalue weighted by atomic mass is 16.7. The summed E-state index contributed by atoms with van der Waals surface area (Å²) in [7, 11) is 1.71. The Balaban J connectivity index is 1.55. The summed E-state index contributed by atoms with van der Waals surface area (Å²) in [4.78, 5) is 29.7. The molecule has 4 aliphatic heterocycles. The molecule has 2 aromatic carbocycles. The molecule has 0 spiro atoms. The van der Waals surface area contributed by atoms with E-state index in [4.69, 9.17) is 9.47 Å². The lowest BCUT2D eigenvalue weighted by molar-refractivity contribution is -0.157. The first kappa shape index (κ1) is 16.3. The molecule has 2 unspecified atom stereocenters. The number of nitrogens with zero attached hydrogens (tertiary/aromatic N) is 3. The fraction of sp³-hybridized carbons (Fsp3) is 0.304. The predicted molar refractivity (Wildman–Crippen MR) is 107 cm³/mol. The average Bonchev–Trinajstić information content (AvgIpc) is 3.33. The summed E-state index contributed by atoms with van der Waals surface area (Å²) in [5, 5.41) is 1.17. The van der Waals surface area contributed by atoms with Gasteiger partial charge in [0.2, 0.25) is 18.6 Å². The molecule has 4 aliphatic rings. The Hall–Kier alpha value is -3.48. The number of rotatable bonds is 0. The lowest BCUT2D eigenvalue weighted by Gasteiger charge is -2.48. The zero-order valence-electron chi connectivity index (χ0n) is 16.4. The van der Waals surface area contributed by atoms with Gasteiger partial charge in [0.15, 0.2) is 11.5 Å². The highest BCUT2D eigenvalue weighted by molar-refractivity contribution is 5.98. The van der Waals surface area contributed by atoms with Crippen molar-refractivity contribution < 1.29 is 19.1 Å². The van der Waals surface area contributed by atoms with Crippen molar-refractivity contribution in [3.05, 3.63) is 58.8 Å². The van der Waals surface area contributed by atoms with Crippen LogP contribution in [0.15, 0.2) is 36.4 Å². The van der Waals surface area contributed by atoms with Gasteiger partial charge in [-0.25, -0.2) is 0 Å². The van der Waals surface area contributed by atoms with Crippen molar-refractivity contribution in [1.29, 1.82) is 0 Å². The Kier molecular flexibility index (Phi) is 2.92. The number of likely N-dealkylation sites (N-methyl/N-ethyl adjacent to an activating group) is 1. The Morgan fingerprint density at radius 2 is 1.83 bits per heavy atom. The van der Waals surface area contributed by atoms with Crippen LogP contribution in [-0.2, 0) is 22.6 Å². The van der Waals surface area contributed by atoms with Gasteiger partial charge in [0.1, 0.15) is 6.04 Å². The molecule has 1 fully saturated rings. The third-order valence-corrected chi connectivity index (χ3v) is 6.97. The van der Waals surface area contributed by atoms with E-state index in [-0.39, 0.29) is 31.2 Å². The van der Waals surface area contributed by atoms with Gasteiger partial charge in [-0.1, -0.05) is 18.2 Å². The number of carbonyl (C=O) groups excluding carboxylic acids is 2. The first-order valence-corrected chi connectivity index (χ1v) is 10.2. The van der Waals surface area contributed by atoms with Crippen molar-refractivity contribution in [2.75, 3.05) is 20.4 Å². The van der Waals surface area contributed by atoms with Gasteiger partial charge >= 0.3 is 0 Å². The number of para-hydroxylation sites is 1. The first-order valence-electron chi connectivity index (χ1n) is 10.2. The number of aromatic nitrogens is 1. The van der Waals surface area contributed by atoms with Crippen LogP contribution in [-0.4, -0.2) is 52.6 Å². The summed E-state index contributed by atoms with van der Waals surface area (Å²) in [6.07, 6.45) is 0.550. The number of ether oxygens (including phenoxy) is 2. The highest BCUT2D eigenvalue weighted by Crippen LogP contribution is 2.50. The summed E-state index contributed by atoms with van der Waals surface area (Å²) in [6.45, 7) is 1.03. The van der Waals surface area contributed by atoms with Crippen LogP contribution in [0.4, 0.5) is 0 Å². The fourth-order valence-corrected chi connectivity index (χ4v) is 5.70. The van der Waals surface area contributed by atoms with Crippen molar-refractivity contribution in [3.8, 4) is 11.5 Å². The molecule has 0 radical (unpaired) electrons. The van der Waals surface area contributed by atoms with Crippen molar-refractivity contribution in [3.63, 3.8) is 0 Å². The minimum absolute atomic E-state index is 0.00458. The summed E-state index contributed by atoms with van der Waals surface area (Å²) >= 11 is 0. The summed E-state index contributed by atoms with van der Waals surface area (Å²) in [6, 6.07) is 11.6. The van der Waals surface area contributed by atoms with E-state index >= 15 is 0 Å². The van der Waals surface area contributed by atoms with Crippen molar-refractivity contribution in [2.24, 2.45) is 0 Å². The third kappa shape index (κ3) is 1.85. The average molecular weight is 401 g/mol. The minimum Gasteiger partial charge on any atom is -0.454 e. The van der Waals surface area contributed by atoms with Crippen LogP contribution in [0.2, 0.25) is 0 Å². The van der Waals surface area contributed by atoms with Gasteiger partial charge in [-0.3, -0.25) is 9.59 Å². The smallest absolute Gasteiger partial charge is 0.245 e. The Morgan fingerprint density at radius 1 is 1.03 bits per heavy atom. The lowest BCUT2D eigenvalue weighted by Crippen LogP contribution is -2.62. The molecule has 2 amide bonds. The Bertz CT molecular complexity index is 1290. The monoisotopic (exact) mass is 401 g/mol. The van der Waals surface area contributed by atoms with E-state index in [2.05, 4.69) is 16.7 Å². The molecular weight excluding hydrogens is 382 g/mol. The van der Waals surface area contributed by atoms with E-state index in [0.717, 1.165) is 28.1 Å². The number of carbonyl (C=O) groups is 2. The molecule has 0 saturated carbocycles. The Labute approximate surface area is 172 Å². The van der Waals surface area contributed by atoms with Gasteiger partial charge in [-0.05, 0) is 34.9 Å². The SMILES string of the molecule is CN1CC(=O)N2C(Cc3c4n(c5ccccc35)Cc3cc5c(cc3C42)OCO5)C1=O. The van der Waals surface area contributed by atoms with Crippen molar-refractivity contribution >= 4 is 22.7 Å². The minimum atomic E-state index is -0.482. The fourth-order valence-electron chi connectivity index (χ4n) is 5.70. The summed E-state index contributed by atoms with van der Waals surface area (Å²) in [5.74, 6) is 1.43. The predicted octanol–water partition coefficient (Wildman–Crippen LogP) is 2.05. The largest absolute Gasteiger partial charge is 0.454 e. The van der Waals surface area contributed by atoms with Gasteiger partial charge in [0.05, 0.1) is 12.6 Å². The molecule has 30 heavy (non-hydrogen) atoms. The highest BCUT2D eigenvalue weighted by Gasteiger charge is 2.50. The van der Waals surface area contributed by atoms with Crippen LogP contribution in [0.5, 0.6) is 11.5 Å². The second-order valence-electron chi connectivity index (χ2n) is 8.49. The summed E-state index contributed by atoms with van der Waals surface area (Å²) in [5.41, 5.74) is 5.58. The molecule has 5 heterocycles. The van der Waals surface area contributed by atoms with E-state index < -0.39 is 6.04 Å². The van der Waals surface area contributed by atoms with E-state index in [1.807, 2.05) is 29.2 Å². The van der Waals surface area contributed by atoms with Gasteiger partial charge in [0.25, 0.3) is 0 Å². The van der Waals surface area contributed by atoms with Gasteiger partial charge < -0.3 is 23.8 Å². The quantitative estimate of drug-likeness (QED) is 0.578. The van der Waals surface area contributed by atoms with E-state index in [1.165, 1.54) is 10.9 Å². The molecule has 7 nitrogen and oxygen atoms in total. The molecule has 7 rings (SSSR count). The maximum atomic E-state index is 13.2. The van der Waals surface area contributed by atoms with Crippen LogP contribution in [0.3, 0.4) is 0 Å². The third-order valence-electron chi connectivity index (χ3n) is 6.97. The number of hydrogen-bond acceptors (Lipinski definition) is 4. The zero-order valence-corrected chi connectivity index (χ0v) is 16.4. The van der Waals surface area contributed by atoms with Crippen LogP contribution in [0.1, 0.15) is 28.4 Å². The standard InChI is InChI=1S/C23H19N3O4/c1-24-10-20(27)26-17(23(24)28)7-15-13-4-2-3-5-16(13)25-9-12-6-18-19(30-11-29-18)8-14(12)22(26)21(15)25/h2-6,8,17,22H,7,9-11H2,1H3. The van der Waals surface area contributed by atoms with Crippen molar-refractivity contribution in [1.82, 2.24) is 14.4 Å². The molecule has 1 aromatic heterocycles. The topological polar surface area (TPSA) is 64.0 Å². The molecule has 0 bridgehead atoms. The van der Waals surface area contributed by atoms with Gasteiger partial charge in [0, 0.05) is 36.6 Å². The van der Waals surface area contributed by atoms with Crippen LogP contribution < -0.4 is 9.47 Å². The lowest BCUT2D eigenvalue weighted by atomic mass is 9.83.